The number of hydrogen-bond donors (Lipinski definition) is 2. The average molecular weight is 363 g/mol. The van der Waals surface area contributed by atoms with Crippen LogP contribution in [-0.4, -0.2) is 29.1 Å². The number of amides is 1. The van der Waals surface area contributed by atoms with Gasteiger partial charge >= 0.3 is 0 Å². The summed E-state index contributed by atoms with van der Waals surface area (Å²) in [6.07, 6.45) is 1.51. The summed E-state index contributed by atoms with van der Waals surface area (Å²) in [5.74, 6) is -0.207. The van der Waals surface area contributed by atoms with E-state index in [9.17, 15) is 15.2 Å². The van der Waals surface area contributed by atoms with E-state index in [0.717, 1.165) is 11.1 Å². The minimum Gasteiger partial charge on any atom is -0.395 e. The fourth-order valence-corrected chi connectivity index (χ4v) is 2.76. The van der Waals surface area contributed by atoms with Crippen LogP contribution in [0.15, 0.2) is 66.4 Å². The number of anilines is 1. The van der Waals surface area contributed by atoms with Crippen LogP contribution >= 0.6 is 0 Å². The Kier molecular flexibility index (Phi) is 7.60. The number of aliphatic hydroxyl groups is 1. The number of nitriles is 1. The van der Waals surface area contributed by atoms with Crippen LogP contribution in [-0.2, 0) is 11.3 Å². The molecule has 0 aliphatic rings. The number of benzene rings is 2. The van der Waals surface area contributed by atoms with Crippen molar-refractivity contribution in [3.8, 4) is 6.07 Å². The summed E-state index contributed by atoms with van der Waals surface area (Å²) in [5, 5.41) is 21.6. The lowest BCUT2D eigenvalue weighted by Gasteiger charge is -2.20. The molecule has 0 aromatic heterocycles. The molecular weight excluding hydrogens is 338 g/mol. The van der Waals surface area contributed by atoms with Gasteiger partial charge in [0.15, 0.2) is 0 Å². The van der Waals surface area contributed by atoms with Crippen molar-refractivity contribution in [3.05, 3.63) is 77.5 Å². The molecule has 2 aromatic carbocycles. The predicted molar refractivity (Wildman–Crippen MR) is 107 cm³/mol. The minimum atomic E-state index is -0.457. The molecule has 0 heterocycles. The van der Waals surface area contributed by atoms with E-state index in [-0.39, 0.29) is 18.1 Å². The summed E-state index contributed by atoms with van der Waals surface area (Å²) >= 11 is 0. The third-order valence-corrected chi connectivity index (χ3v) is 4.12. The topological polar surface area (TPSA) is 76.4 Å². The highest BCUT2D eigenvalue weighted by Gasteiger charge is 2.14. The zero-order valence-electron chi connectivity index (χ0n) is 15.7. The summed E-state index contributed by atoms with van der Waals surface area (Å²) in [6, 6.07) is 19.2. The van der Waals surface area contributed by atoms with E-state index in [2.05, 4.69) is 19.2 Å². The predicted octanol–water partition coefficient (Wildman–Crippen LogP) is 3.65. The van der Waals surface area contributed by atoms with Crippen molar-refractivity contribution in [1.29, 1.82) is 5.26 Å². The molecule has 2 rings (SSSR count). The van der Waals surface area contributed by atoms with Crippen LogP contribution in [0.5, 0.6) is 0 Å². The number of hydrogen-bond acceptors (Lipinski definition) is 4. The van der Waals surface area contributed by atoms with Gasteiger partial charge in [-0.05, 0) is 23.1 Å². The van der Waals surface area contributed by atoms with Crippen LogP contribution in [0.2, 0.25) is 0 Å². The molecule has 0 radical (unpaired) electrons. The Bertz CT molecular complexity index is 823. The molecule has 0 atom stereocenters. The normalized spacial score (nSPS) is 11.1. The van der Waals surface area contributed by atoms with E-state index in [1.807, 2.05) is 60.7 Å². The summed E-state index contributed by atoms with van der Waals surface area (Å²) in [7, 11) is 0. The Morgan fingerprint density at radius 1 is 1.19 bits per heavy atom. The third kappa shape index (κ3) is 5.98. The van der Waals surface area contributed by atoms with E-state index in [1.165, 1.54) is 6.20 Å². The maximum absolute atomic E-state index is 12.6. The molecule has 0 bridgehead atoms. The van der Waals surface area contributed by atoms with Gasteiger partial charge in [-0.1, -0.05) is 62.4 Å². The van der Waals surface area contributed by atoms with Crippen molar-refractivity contribution in [1.82, 2.24) is 4.90 Å². The zero-order chi connectivity index (χ0) is 19.6. The molecule has 5 nitrogen and oxygen atoms in total. The highest BCUT2D eigenvalue weighted by atomic mass is 16.3. The standard InChI is InChI=1S/C22H25N3O2/c1-17(2)20-10-6-7-11-21(20)24-22(27)19(14-23)16-25(12-13-26)15-18-8-4-3-5-9-18/h3-11,16-17,26H,12-13,15H2,1-2H3,(H,24,27)/b19-16-. The molecule has 0 saturated carbocycles. The molecule has 0 unspecified atom stereocenters. The molecule has 2 aromatic rings. The van der Waals surface area contributed by atoms with E-state index in [1.54, 1.807) is 4.90 Å². The van der Waals surface area contributed by atoms with Gasteiger partial charge in [0.2, 0.25) is 0 Å². The maximum atomic E-state index is 12.6. The summed E-state index contributed by atoms with van der Waals surface area (Å²) < 4.78 is 0. The van der Waals surface area contributed by atoms with Crippen molar-refractivity contribution in [2.45, 2.75) is 26.3 Å². The fraction of sp³-hybridized carbons (Fsp3) is 0.273. The molecule has 0 aliphatic carbocycles. The Morgan fingerprint density at radius 3 is 2.48 bits per heavy atom. The van der Waals surface area contributed by atoms with E-state index >= 15 is 0 Å². The first-order valence-electron chi connectivity index (χ1n) is 8.96. The zero-order valence-corrected chi connectivity index (χ0v) is 15.7. The number of para-hydroxylation sites is 1. The third-order valence-electron chi connectivity index (χ3n) is 4.12. The lowest BCUT2D eigenvalue weighted by atomic mass is 10.0. The van der Waals surface area contributed by atoms with Crippen LogP contribution in [0.4, 0.5) is 5.69 Å². The van der Waals surface area contributed by atoms with Gasteiger partial charge in [-0.2, -0.15) is 5.26 Å². The van der Waals surface area contributed by atoms with E-state index in [4.69, 9.17) is 0 Å². The quantitative estimate of drug-likeness (QED) is 0.554. The number of rotatable bonds is 8. The summed E-state index contributed by atoms with van der Waals surface area (Å²) in [6.45, 7) is 4.86. The highest BCUT2D eigenvalue weighted by Crippen LogP contribution is 2.24. The highest BCUT2D eigenvalue weighted by molar-refractivity contribution is 6.06. The Balaban J connectivity index is 2.20. The number of nitrogens with one attached hydrogen (secondary N) is 1. The van der Waals surface area contributed by atoms with Gasteiger partial charge in [0.05, 0.1) is 6.61 Å². The van der Waals surface area contributed by atoms with Gasteiger partial charge in [0, 0.05) is 25.0 Å². The molecule has 0 spiro atoms. The van der Waals surface area contributed by atoms with Gasteiger partial charge in [0.25, 0.3) is 5.91 Å². The Labute approximate surface area is 160 Å². The van der Waals surface area contributed by atoms with Crippen molar-refractivity contribution in [2.75, 3.05) is 18.5 Å². The van der Waals surface area contributed by atoms with Gasteiger partial charge in [-0.15, -0.1) is 0 Å². The second-order valence-electron chi connectivity index (χ2n) is 6.53. The van der Waals surface area contributed by atoms with E-state index in [0.29, 0.717) is 18.8 Å². The van der Waals surface area contributed by atoms with Gasteiger partial charge in [-0.25, -0.2) is 0 Å². The van der Waals surface area contributed by atoms with Crippen LogP contribution in [0, 0.1) is 11.3 Å². The second kappa shape index (κ2) is 10.1. The lowest BCUT2D eigenvalue weighted by molar-refractivity contribution is -0.112. The lowest BCUT2D eigenvalue weighted by Crippen LogP contribution is -2.24. The Morgan fingerprint density at radius 2 is 1.85 bits per heavy atom. The SMILES string of the molecule is CC(C)c1ccccc1NC(=O)/C(C#N)=C\N(CCO)Cc1ccccc1. The van der Waals surface area contributed by atoms with Gasteiger partial charge < -0.3 is 15.3 Å². The molecule has 0 fully saturated rings. The van der Waals surface area contributed by atoms with Crippen molar-refractivity contribution < 1.29 is 9.90 Å². The maximum Gasteiger partial charge on any atom is 0.267 e. The molecule has 2 N–H and O–H groups in total. The second-order valence-corrected chi connectivity index (χ2v) is 6.53. The largest absolute Gasteiger partial charge is 0.395 e. The fourth-order valence-electron chi connectivity index (χ4n) is 2.76. The van der Waals surface area contributed by atoms with Gasteiger partial charge in [-0.3, -0.25) is 4.79 Å². The van der Waals surface area contributed by atoms with Crippen molar-refractivity contribution in [3.63, 3.8) is 0 Å². The first-order valence-corrected chi connectivity index (χ1v) is 8.96. The van der Waals surface area contributed by atoms with Gasteiger partial charge in [0.1, 0.15) is 11.6 Å². The van der Waals surface area contributed by atoms with E-state index < -0.39 is 5.91 Å². The first kappa shape index (κ1) is 20.2. The molecule has 27 heavy (non-hydrogen) atoms. The van der Waals surface area contributed by atoms with Crippen molar-refractivity contribution in [2.24, 2.45) is 0 Å². The smallest absolute Gasteiger partial charge is 0.267 e. The van der Waals surface area contributed by atoms with Crippen LogP contribution in [0.25, 0.3) is 0 Å². The van der Waals surface area contributed by atoms with Crippen molar-refractivity contribution >= 4 is 11.6 Å². The Hall–Kier alpha value is -3.10. The molecule has 140 valence electrons. The monoisotopic (exact) mass is 363 g/mol. The van der Waals surface area contributed by atoms with Crippen LogP contribution in [0.1, 0.15) is 30.9 Å². The van der Waals surface area contributed by atoms with Crippen LogP contribution < -0.4 is 5.32 Å². The number of carbonyl (C=O) groups is 1. The number of carbonyl (C=O) groups excluding carboxylic acids is 1. The molecule has 5 heteroatoms. The summed E-state index contributed by atoms with van der Waals surface area (Å²) in [5.41, 5.74) is 2.75. The number of aliphatic hydroxyl groups excluding tert-OH is 1. The molecule has 0 aliphatic heterocycles. The van der Waals surface area contributed by atoms with Crippen LogP contribution in [0.3, 0.4) is 0 Å². The minimum absolute atomic E-state index is 0.00191. The number of nitrogens with zero attached hydrogens (tertiary/aromatic N) is 2. The molecular formula is C22H25N3O2. The average Bonchev–Trinajstić information content (AvgIpc) is 2.67. The molecule has 1 amide bonds. The summed E-state index contributed by atoms with van der Waals surface area (Å²) in [4.78, 5) is 14.4. The first-order chi connectivity index (χ1) is 13.0. The molecule has 0 saturated heterocycles.